The lowest BCUT2D eigenvalue weighted by Gasteiger charge is -2.21. The summed E-state index contributed by atoms with van der Waals surface area (Å²) >= 11 is 0. The summed E-state index contributed by atoms with van der Waals surface area (Å²) in [6.07, 6.45) is 0.953. The van der Waals surface area contributed by atoms with Gasteiger partial charge in [-0.1, -0.05) is 12.1 Å². The van der Waals surface area contributed by atoms with Crippen LogP contribution >= 0.6 is 0 Å². The van der Waals surface area contributed by atoms with Gasteiger partial charge in [-0.15, -0.1) is 0 Å². The van der Waals surface area contributed by atoms with E-state index in [1.165, 1.54) is 0 Å². The van der Waals surface area contributed by atoms with E-state index in [9.17, 15) is 9.59 Å². The summed E-state index contributed by atoms with van der Waals surface area (Å²) in [5.41, 5.74) is 1.08. The highest BCUT2D eigenvalue weighted by atomic mass is 16.5. The number of hydrogen-bond acceptors (Lipinski definition) is 4. The largest absolute Gasteiger partial charge is 0.494 e. The molecule has 5 nitrogen and oxygen atoms in total. The van der Waals surface area contributed by atoms with E-state index in [2.05, 4.69) is 10.6 Å². The Morgan fingerprint density at radius 3 is 2.68 bits per heavy atom. The van der Waals surface area contributed by atoms with Gasteiger partial charge in [0.15, 0.2) is 0 Å². The van der Waals surface area contributed by atoms with Crippen LogP contribution in [0.4, 0.5) is 0 Å². The Kier molecular flexibility index (Phi) is 4.52. The Labute approximate surface area is 112 Å². The number of hydrogen-bond donors (Lipinski definition) is 2. The molecule has 0 bridgehead atoms. The van der Waals surface area contributed by atoms with E-state index < -0.39 is 0 Å². The molecule has 5 heteroatoms. The molecule has 1 aliphatic heterocycles. The SMILES string of the molecule is CCOc1ccc(CNC2CCC(=O)NC2=O)cc1. The molecular weight excluding hydrogens is 244 g/mol. The number of imide groups is 1. The summed E-state index contributed by atoms with van der Waals surface area (Å²) < 4.78 is 5.36. The third-order valence-corrected chi connectivity index (χ3v) is 3.03. The van der Waals surface area contributed by atoms with Gasteiger partial charge in [-0.3, -0.25) is 14.9 Å². The minimum absolute atomic E-state index is 0.191. The number of carbonyl (C=O) groups excluding carboxylic acids is 2. The maximum atomic E-state index is 11.6. The molecule has 102 valence electrons. The predicted octanol–water partition coefficient (Wildman–Crippen LogP) is 0.980. The van der Waals surface area contributed by atoms with Gasteiger partial charge in [0.25, 0.3) is 0 Å². The number of rotatable bonds is 5. The van der Waals surface area contributed by atoms with E-state index in [1.54, 1.807) is 0 Å². The Balaban J connectivity index is 1.84. The van der Waals surface area contributed by atoms with E-state index in [4.69, 9.17) is 4.74 Å². The van der Waals surface area contributed by atoms with Gasteiger partial charge in [0.2, 0.25) is 11.8 Å². The third kappa shape index (κ3) is 3.79. The molecule has 2 N–H and O–H groups in total. The molecular formula is C14H18N2O3. The predicted molar refractivity (Wildman–Crippen MR) is 70.6 cm³/mol. The maximum absolute atomic E-state index is 11.6. The first-order valence-corrected chi connectivity index (χ1v) is 6.48. The minimum atomic E-state index is -0.288. The molecule has 1 aromatic rings. The maximum Gasteiger partial charge on any atom is 0.243 e. The van der Waals surface area contributed by atoms with Crippen molar-refractivity contribution >= 4 is 11.8 Å². The van der Waals surface area contributed by atoms with E-state index in [0.717, 1.165) is 11.3 Å². The van der Waals surface area contributed by atoms with Gasteiger partial charge in [-0.25, -0.2) is 0 Å². The average molecular weight is 262 g/mol. The molecule has 1 atom stereocenters. The van der Waals surface area contributed by atoms with Crippen LogP contribution in [-0.2, 0) is 16.1 Å². The van der Waals surface area contributed by atoms with E-state index >= 15 is 0 Å². The molecule has 0 saturated carbocycles. The summed E-state index contributed by atoms with van der Waals surface area (Å²) in [5, 5.41) is 5.49. The number of amides is 2. The summed E-state index contributed by atoms with van der Waals surface area (Å²) in [4.78, 5) is 22.6. The van der Waals surface area contributed by atoms with Crippen molar-refractivity contribution in [1.29, 1.82) is 0 Å². The molecule has 2 amide bonds. The summed E-state index contributed by atoms with van der Waals surface area (Å²) in [5.74, 6) is 0.415. The second-order valence-electron chi connectivity index (χ2n) is 4.46. The molecule has 1 fully saturated rings. The fourth-order valence-electron chi connectivity index (χ4n) is 2.00. The van der Waals surface area contributed by atoms with Crippen molar-refractivity contribution in [2.24, 2.45) is 0 Å². The van der Waals surface area contributed by atoms with Gasteiger partial charge in [-0.05, 0) is 31.0 Å². The van der Waals surface area contributed by atoms with Crippen LogP contribution in [0.5, 0.6) is 5.75 Å². The number of piperidine rings is 1. The van der Waals surface area contributed by atoms with Gasteiger partial charge in [-0.2, -0.15) is 0 Å². The van der Waals surface area contributed by atoms with Crippen LogP contribution in [0.15, 0.2) is 24.3 Å². The molecule has 1 aliphatic rings. The normalized spacial score (nSPS) is 19.1. The van der Waals surface area contributed by atoms with Crippen LogP contribution in [0.25, 0.3) is 0 Å². The first-order chi connectivity index (χ1) is 9.19. The number of nitrogens with one attached hydrogen (secondary N) is 2. The molecule has 2 rings (SSSR count). The average Bonchev–Trinajstić information content (AvgIpc) is 2.40. The molecule has 1 heterocycles. The van der Waals surface area contributed by atoms with Crippen molar-refractivity contribution < 1.29 is 14.3 Å². The number of benzene rings is 1. The fourth-order valence-corrected chi connectivity index (χ4v) is 2.00. The van der Waals surface area contributed by atoms with Gasteiger partial charge < -0.3 is 10.1 Å². The van der Waals surface area contributed by atoms with Crippen LogP contribution in [0.3, 0.4) is 0 Å². The molecule has 0 spiro atoms. The Hall–Kier alpha value is -1.88. The van der Waals surface area contributed by atoms with Crippen LogP contribution in [0, 0.1) is 0 Å². The standard InChI is InChI=1S/C14H18N2O3/c1-2-19-11-5-3-10(4-6-11)9-15-12-7-8-13(17)16-14(12)18/h3-6,12,15H,2,7-9H2,1H3,(H,16,17,18). The minimum Gasteiger partial charge on any atom is -0.494 e. The molecule has 1 saturated heterocycles. The second kappa shape index (κ2) is 6.33. The molecule has 0 aromatic heterocycles. The highest BCUT2D eigenvalue weighted by Crippen LogP contribution is 2.12. The van der Waals surface area contributed by atoms with Crippen molar-refractivity contribution in [2.75, 3.05) is 6.61 Å². The first kappa shape index (κ1) is 13.5. The van der Waals surface area contributed by atoms with Gasteiger partial charge in [0.05, 0.1) is 12.6 Å². The molecule has 1 aromatic carbocycles. The highest BCUT2D eigenvalue weighted by Gasteiger charge is 2.25. The molecule has 0 radical (unpaired) electrons. The van der Waals surface area contributed by atoms with Gasteiger partial charge in [0, 0.05) is 13.0 Å². The lowest BCUT2D eigenvalue weighted by atomic mass is 10.1. The van der Waals surface area contributed by atoms with Crippen molar-refractivity contribution in [3.05, 3.63) is 29.8 Å². The summed E-state index contributed by atoms with van der Waals surface area (Å²) in [7, 11) is 0. The summed E-state index contributed by atoms with van der Waals surface area (Å²) in [6.45, 7) is 3.19. The van der Waals surface area contributed by atoms with Gasteiger partial charge in [0.1, 0.15) is 5.75 Å². The topological polar surface area (TPSA) is 67.4 Å². The van der Waals surface area contributed by atoms with Crippen molar-refractivity contribution in [2.45, 2.75) is 32.4 Å². The monoisotopic (exact) mass is 262 g/mol. The van der Waals surface area contributed by atoms with E-state index in [0.29, 0.717) is 26.0 Å². The van der Waals surface area contributed by atoms with Crippen LogP contribution in [0.1, 0.15) is 25.3 Å². The fraction of sp³-hybridized carbons (Fsp3) is 0.429. The van der Waals surface area contributed by atoms with E-state index in [-0.39, 0.29) is 17.9 Å². The Morgan fingerprint density at radius 1 is 1.32 bits per heavy atom. The van der Waals surface area contributed by atoms with Crippen LogP contribution in [-0.4, -0.2) is 24.5 Å². The van der Waals surface area contributed by atoms with Gasteiger partial charge >= 0.3 is 0 Å². The van der Waals surface area contributed by atoms with Crippen LogP contribution < -0.4 is 15.4 Å². The van der Waals surface area contributed by atoms with Crippen molar-refractivity contribution in [3.63, 3.8) is 0 Å². The smallest absolute Gasteiger partial charge is 0.243 e. The lowest BCUT2D eigenvalue weighted by Crippen LogP contribution is -2.50. The van der Waals surface area contributed by atoms with E-state index in [1.807, 2.05) is 31.2 Å². The van der Waals surface area contributed by atoms with Crippen molar-refractivity contribution in [3.8, 4) is 5.75 Å². The quantitative estimate of drug-likeness (QED) is 0.776. The molecule has 0 aliphatic carbocycles. The third-order valence-electron chi connectivity index (χ3n) is 3.03. The number of carbonyl (C=O) groups is 2. The first-order valence-electron chi connectivity index (χ1n) is 6.48. The summed E-state index contributed by atoms with van der Waals surface area (Å²) in [6, 6.07) is 7.45. The van der Waals surface area contributed by atoms with Crippen LogP contribution in [0.2, 0.25) is 0 Å². The second-order valence-corrected chi connectivity index (χ2v) is 4.46. The number of ether oxygens (including phenoxy) is 1. The zero-order chi connectivity index (χ0) is 13.7. The highest BCUT2D eigenvalue weighted by molar-refractivity contribution is 6.00. The van der Waals surface area contributed by atoms with Crippen molar-refractivity contribution in [1.82, 2.24) is 10.6 Å². The Bertz CT molecular complexity index is 456. The molecule has 1 unspecified atom stereocenters. The zero-order valence-electron chi connectivity index (χ0n) is 10.9. The molecule has 19 heavy (non-hydrogen) atoms. The zero-order valence-corrected chi connectivity index (χ0v) is 10.9. The lowest BCUT2D eigenvalue weighted by molar-refractivity contribution is -0.134. The Morgan fingerprint density at radius 2 is 2.05 bits per heavy atom.